The van der Waals surface area contributed by atoms with Gasteiger partial charge in [-0.15, -0.1) is 11.3 Å². The second-order valence-corrected chi connectivity index (χ2v) is 2.68. The lowest BCUT2D eigenvalue weighted by Crippen LogP contribution is -2.41. The van der Waals surface area contributed by atoms with Crippen molar-refractivity contribution in [2.24, 2.45) is 0 Å². The summed E-state index contributed by atoms with van der Waals surface area (Å²) < 4.78 is 4.51. The number of hydrogen-bond donors (Lipinski definition) is 1. The fourth-order valence-electron chi connectivity index (χ4n) is 0.607. The van der Waals surface area contributed by atoms with Gasteiger partial charge in [0.2, 0.25) is 0 Å². The molecule has 0 aromatic carbocycles. The van der Waals surface area contributed by atoms with Crippen molar-refractivity contribution >= 4 is 23.0 Å². The number of quaternary nitrogens is 1. The molecule has 1 aromatic rings. The molecule has 0 amide bonds. The van der Waals surface area contributed by atoms with Crippen LogP contribution >= 0.6 is 11.3 Å². The van der Waals surface area contributed by atoms with Gasteiger partial charge in [0.25, 0.3) is 0 Å². The zero-order chi connectivity index (χ0) is 7.56. The van der Waals surface area contributed by atoms with Crippen molar-refractivity contribution in [3.8, 4) is 0 Å². The van der Waals surface area contributed by atoms with E-state index >= 15 is 0 Å². The highest BCUT2D eigenvalue weighted by Crippen LogP contribution is 2.17. The van der Waals surface area contributed by atoms with Crippen LogP contribution in [-0.2, 0) is 4.74 Å². The summed E-state index contributed by atoms with van der Waals surface area (Å²) in [5, 5.41) is 1.81. The van der Waals surface area contributed by atoms with E-state index in [9.17, 15) is 4.79 Å². The van der Waals surface area contributed by atoms with E-state index in [1.165, 1.54) is 18.4 Å². The fraction of sp³-hybridized carbons (Fsp3) is 0.167. The maximum atomic E-state index is 10.8. The average molecular weight is 158 g/mol. The van der Waals surface area contributed by atoms with E-state index in [1.54, 1.807) is 6.07 Å². The van der Waals surface area contributed by atoms with Gasteiger partial charge in [-0.2, -0.15) is 0 Å². The van der Waals surface area contributed by atoms with E-state index in [1.807, 2.05) is 5.38 Å². The summed E-state index contributed by atoms with van der Waals surface area (Å²) in [4.78, 5) is 11.4. The average Bonchev–Trinajstić information content (AvgIpc) is 2.34. The van der Waals surface area contributed by atoms with Crippen LogP contribution in [-0.4, -0.2) is 13.1 Å². The van der Waals surface area contributed by atoms with Crippen LogP contribution in [0.25, 0.3) is 0 Å². The highest BCUT2D eigenvalue weighted by molar-refractivity contribution is 7.12. The summed E-state index contributed by atoms with van der Waals surface area (Å²) in [7, 11) is 1.36. The van der Waals surface area contributed by atoms with Crippen LogP contribution in [0.5, 0.6) is 0 Å². The van der Waals surface area contributed by atoms with E-state index in [2.05, 4.69) is 10.5 Å². The Balaban J connectivity index is 2.93. The molecule has 0 aliphatic heterocycles. The summed E-state index contributed by atoms with van der Waals surface area (Å²) >= 11 is 1.35. The maximum absolute atomic E-state index is 10.8. The Labute approximate surface area is 62.4 Å². The van der Waals surface area contributed by atoms with Crippen molar-refractivity contribution in [2.75, 3.05) is 7.11 Å². The molecule has 0 unspecified atom stereocenters. The van der Waals surface area contributed by atoms with Crippen molar-refractivity contribution in [3.63, 3.8) is 0 Å². The minimum atomic E-state index is -0.306. The third kappa shape index (κ3) is 1.17. The molecular formula is C6H8NO2S+. The number of hydrogen-bond acceptors (Lipinski definition) is 3. The van der Waals surface area contributed by atoms with Crippen molar-refractivity contribution in [1.82, 2.24) is 0 Å². The number of ether oxygens (including phenoxy) is 1. The Morgan fingerprint density at radius 1 is 1.80 bits per heavy atom. The molecule has 0 saturated carbocycles. The lowest BCUT2D eigenvalue weighted by Gasteiger charge is -1.91. The zero-order valence-electron chi connectivity index (χ0n) is 5.59. The number of carbonyl (C=O) groups excluding carboxylic acids is 1. The van der Waals surface area contributed by atoms with Crippen molar-refractivity contribution in [2.45, 2.75) is 0 Å². The van der Waals surface area contributed by atoms with E-state index in [0.29, 0.717) is 4.88 Å². The van der Waals surface area contributed by atoms with E-state index < -0.39 is 0 Å². The molecule has 0 spiro atoms. The van der Waals surface area contributed by atoms with E-state index in [0.717, 1.165) is 5.69 Å². The molecule has 0 fully saturated rings. The third-order valence-corrected chi connectivity index (χ3v) is 2.05. The van der Waals surface area contributed by atoms with Crippen LogP contribution < -0.4 is 5.73 Å². The standard InChI is InChI=1S/C6H7NO2S/c1-9-6(8)5-4(7)2-3-10-5/h2-3H,7H2,1H3/p+1. The van der Waals surface area contributed by atoms with Crippen LogP contribution in [0, 0.1) is 0 Å². The predicted molar refractivity (Wildman–Crippen MR) is 38.2 cm³/mol. The first-order chi connectivity index (χ1) is 4.75. The lowest BCUT2D eigenvalue weighted by molar-refractivity contribution is -0.254. The Morgan fingerprint density at radius 3 is 2.90 bits per heavy atom. The van der Waals surface area contributed by atoms with Crippen molar-refractivity contribution in [1.29, 1.82) is 0 Å². The molecule has 54 valence electrons. The number of methoxy groups -OCH3 is 1. The van der Waals surface area contributed by atoms with Crippen LogP contribution in [0.4, 0.5) is 5.69 Å². The van der Waals surface area contributed by atoms with Gasteiger partial charge in [0.1, 0.15) is 0 Å². The van der Waals surface area contributed by atoms with Gasteiger partial charge in [0.05, 0.1) is 7.11 Å². The Kier molecular flexibility index (Phi) is 2.03. The van der Waals surface area contributed by atoms with Gasteiger partial charge in [-0.1, -0.05) is 0 Å². The minimum absolute atomic E-state index is 0.306. The third-order valence-electron chi connectivity index (χ3n) is 1.12. The number of thiophene rings is 1. The first-order valence-electron chi connectivity index (χ1n) is 2.73. The summed E-state index contributed by atoms with van der Waals surface area (Å²) in [6.07, 6.45) is 0. The van der Waals surface area contributed by atoms with E-state index in [-0.39, 0.29) is 5.97 Å². The SMILES string of the molecule is COC(=O)c1sccc1[NH3+]. The summed E-state index contributed by atoms with van der Waals surface area (Å²) in [5.74, 6) is -0.306. The minimum Gasteiger partial charge on any atom is -0.465 e. The second-order valence-electron chi connectivity index (χ2n) is 1.77. The molecular weight excluding hydrogens is 150 g/mol. The highest BCUT2D eigenvalue weighted by atomic mass is 32.1. The largest absolute Gasteiger partial charge is 0.465 e. The quantitative estimate of drug-likeness (QED) is 0.602. The predicted octanol–water partition coefficient (Wildman–Crippen LogP) is 0.408. The van der Waals surface area contributed by atoms with Crippen LogP contribution in [0.2, 0.25) is 0 Å². The molecule has 4 heteroatoms. The van der Waals surface area contributed by atoms with Crippen LogP contribution in [0.3, 0.4) is 0 Å². The fourth-order valence-corrected chi connectivity index (χ4v) is 1.37. The molecule has 0 atom stereocenters. The Morgan fingerprint density at radius 2 is 2.50 bits per heavy atom. The maximum Gasteiger partial charge on any atom is 0.354 e. The van der Waals surface area contributed by atoms with Gasteiger partial charge < -0.3 is 10.5 Å². The topological polar surface area (TPSA) is 53.9 Å². The summed E-state index contributed by atoms with van der Waals surface area (Å²) in [6, 6.07) is 1.79. The number of esters is 1. The molecule has 0 bridgehead atoms. The summed E-state index contributed by atoms with van der Waals surface area (Å²) in [6.45, 7) is 0. The molecule has 10 heavy (non-hydrogen) atoms. The van der Waals surface area contributed by atoms with Gasteiger partial charge in [-0.3, -0.25) is 0 Å². The van der Waals surface area contributed by atoms with Gasteiger partial charge in [0, 0.05) is 6.07 Å². The lowest BCUT2D eigenvalue weighted by atomic mass is 10.4. The first-order valence-corrected chi connectivity index (χ1v) is 3.61. The van der Waals surface area contributed by atoms with Crippen LogP contribution in [0.1, 0.15) is 9.67 Å². The normalized spacial score (nSPS) is 9.40. The highest BCUT2D eigenvalue weighted by Gasteiger charge is 2.12. The molecule has 0 saturated heterocycles. The molecule has 1 heterocycles. The Hall–Kier alpha value is -0.870. The van der Waals surface area contributed by atoms with Crippen molar-refractivity contribution in [3.05, 3.63) is 16.3 Å². The Bertz CT molecular complexity index is 244. The molecule has 0 radical (unpaired) electrons. The molecule has 3 N–H and O–H groups in total. The van der Waals surface area contributed by atoms with E-state index in [4.69, 9.17) is 0 Å². The van der Waals surface area contributed by atoms with Gasteiger partial charge >= 0.3 is 5.97 Å². The van der Waals surface area contributed by atoms with Gasteiger partial charge in [-0.25, -0.2) is 4.79 Å². The van der Waals surface area contributed by atoms with Gasteiger partial charge in [-0.05, 0) is 5.38 Å². The monoisotopic (exact) mass is 158 g/mol. The smallest absolute Gasteiger partial charge is 0.354 e. The first kappa shape index (κ1) is 7.24. The number of carbonyl (C=O) groups is 1. The zero-order valence-corrected chi connectivity index (χ0v) is 6.40. The molecule has 0 aliphatic carbocycles. The molecule has 1 rings (SSSR count). The summed E-state index contributed by atoms with van der Waals surface area (Å²) in [5.41, 5.74) is 4.39. The molecule has 3 nitrogen and oxygen atoms in total. The molecule has 1 aromatic heterocycles. The second kappa shape index (κ2) is 2.81. The number of rotatable bonds is 1. The van der Waals surface area contributed by atoms with Crippen molar-refractivity contribution < 1.29 is 15.3 Å². The molecule has 0 aliphatic rings. The van der Waals surface area contributed by atoms with Crippen LogP contribution in [0.15, 0.2) is 11.4 Å². The van der Waals surface area contributed by atoms with Gasteiger partial charge in [0.15, 0.2) is 10.6 Å².